The van der Waals surface area contributed by atoms with E-state index in [4.69, 9.17) is 5.73 Å². The van der Waals surface area contributed by atoms with Crippen LogP contribution in [-0.4, -0.2) is 11.0 Å². The fourth-order valence-corrected chi connectivity index (χ4v) is 1.25. The lowest BCUT2D eigenvalue weighted by Crippen LogP contribution is -2.23. The van der Waals surface area contributed by atoms with Gasteiger partial charge < -0.3 is 11.1 Å². The van der Waals surface area contributed by atoms with Gasteiger partial charge in [0.1, 0.15) is 5.82 Å². The van der Waals surface area contributed by atoms with Gasteiger partial charge in [-0.25, -0.2) is 4.98 Å². The van der Waals surface area contributed by atoms with Crippen molar-refractivity contribution >= 4 is 11.5 Å². The second-order valence-electron chi connectivity index (χ2n) is 3.79. The molecule has 3 nitrogen and oxygen atoms in total. The second-order valence-corrected chi connectivity index (χ2v) is 3.79. The zero-order valence-corrected chi connectivity index (χ0v) is 9.12. The zero-order valence-electron chi connectivity index (χ0n) is 9.12. The van der Waals surface area contributed by atoms with Crippen LogP contribution in [0.15, 0.2) is 18.3 Å². The van der Waals surface area contributed by atoms with Gasteiger partial charge in [-0.3, -0.25) is 0 Å². The Kier molecular flexibility index (Phi) is 3.74. The van der Waals surface area contributed by atoms with Crippen LogP contribution in [0.25, 0.3) is 0 Å². The van der Waals surface area contributed by atoms with Gasteiger partial charge in [-0.1, -0.05) is 20.3 Å². The number of nitrogen functional groups attached to an aromatic ring is 1. The van der Waals surface area contributed by atoms with Gasteiger partial charge in [-0.15, -0.1) is 0 Å². The van der Waals surface area contributed by atoms with E-state index in [-0.39, 0.29) is 0 Å². The number of rotatable bonds is 4. The molecular weight excluding hydrogens is 174 g/mol. The predicted molar refractivity (Wildman–Crippen MR) is 61.2 cm³/mol. The maximum Gasteiger partial charge on any atom is 0.128 e. The van der Waals surface area contributed by atoms with Crippen molar-refractivity contribution in [3.8, 4) is 0 Å². The molecule has 3 N–H and O–H groups in total. The minimum atomic E-state index is 0.425. The minimum absolute atomic E-state index is 0.425. The molecule has 1 aromatic rings. The Hall–Kier alpha value is -1.25. The Morgan fingerprint density at radius 3 is 2.79 bits per heavy atom. The summed E-state index contributed by atoms with van der Waals surface area (Å²) in [5.41, 5.74) is 6.41. The molecule has 0 saturated heterocycles. The summed E-state index contributed by atoms with van der Waals surface area (Å²) >= 11 is 0. The highest BCUT2D eigenvalue weighted by molar-refractivity contribution is 5.48. The molecular formula is C11H19N3. The summed E-state index contributed by atoms with van der Waals surface area (Å²) in [5, 5.41) is 3.34. The van der Waals surface area contributed by atoms with Crippen LogP contribution in [0, 0.1) is 5.92 Å². The van der Waals surface area contributed by atoms with Crippen molar-refractivity contribution in [3.63, 3.8) is 0 Å². The van der Waals surface area contributed by atoms with Crippen molar-refractivity contribution in [3.05, 3.63) is 18.3 Å². The Bertz CT molecular complexity index is 286. The average Bonchev–Trinajstić information content (AvgIpc) is 2.16. The number of nitrogens with two attached hydrogens (primary N) is 1. The van der Waals surface area contributed by atoms with E-state index in [1.807, 2.05) is 6.07 Å². The monoisotopic (exact) mass is 193 g/mol. The van der Waals surface area contributed by atoms with Crippen molar-refractivity contribution < 1.29 is 0 Å². The largest absolute Gasteiger partial charge is 0.399 e. The maximum absolute atomic E-state index is 5.66. The molecule has 0 spiro atoms. The Balaban J connectivity index is 2.60. The van der Waals surface area contributed by atoms with E-state index in [0.717, 1.165) is 17.9 Å². The van der Waals surface area contributed by atoms with E-state index >= 15 is 0 Å². The third-order valence-electron chi connectivity index (χ3n) is 2.66. The molecule has 78 valence electrons. The van der Waals surface area contributed by atoms with Crippen molar-refractivity contribution in [1.82, 2.24) is 4.98 Å². The maximum atomic E-state index is 5.66. The molecule has 3 heteroatoms. The van der Waals surface area contributed by atoms with Gasteiger partial charge in [-0.05, 0) is 18.9 Å². The first kappa shape index (κ1) is 10.8. The molecule has 0 radical (unpaired) electrons. The number of hydrogen-bond donors (Lipinski definition) is 2. The van der Waals surface area contributed by atoms with Crippen LogP contribution in [0.3, 0.4) is 0 Å². The topological polar surface area (TPSA) is 50.9 Å². The molecule has 0 aliphatic carbocycles. The van der Waals surface area contributed by atoms with Gasteiger partial charge in [0.05, 0.1) is 0 Å². The van der Waals surface area contributed by atoms with E-state index < -0.39 is 0 Å². The summed E-state index contributed by atoms with van der Waals surface area (Å²) in [5.74, 6) is 1.50. The van der Waals surface area contributed by atoms with Gasteiger partial charge in [-0.2, -0.15) is 0 Å². The first-order valence-electron chi connectivity index (χ1n) is 5.11. The van der Waals surface area contributed by atoms with Crippen molar-refractivity contribution in [1.29, 1.82) is 0 Å². The molecule has 0 bridgehead atoms. The molecule has 0 saturated carbocycles. The summed E-state index contributed by atoms with van der Waals surface area (Å²) in [6, 6.07) is 4.08. The SMILES string of the molecule is CCC(C)C(C)Nc1cc(N)ccn1. The first-order valence-corrected chi connectivity index (χ1v) is 5.11. The lowest BCUT2D eigenvalue weighted by atomic mass is 10.0. The van der Waals surface area contributed by atoms with E-state index in [9.17, 15) is 0 Å². The lowest BCUT2D eigenvalue weighted by Gasteiger charge is -2.20. The van der Waals surface area contributed by atoms with Crippen LogP contribution >= 0.6 is 0 Å². The molecule has 0 fully saturated rings. The predicted octanol–water partition coefficient (Wildman–Crippen LogP) is 2.51. The van der Waals surface area contributed by atoms with Crippen LogP contribution < -0.4 is 11.1 Å². The highest BCUT2D eigenvalue weighted by Gasteiger charge is 2.09. The van der Waals surface area contributed by atoms with Gasteiger partial charge >= 0.3 is 0 Å². The van der Waals surface area contributed by atoms with Crippen LogP contribution in [0.2, 0.25) is 0 Å². The number of pyridine rings is 1. The fraction of sp³-hybridized carbons (Fsp3) is 0.545. The van der Waals surface area contributed by atoms with Gasteiger partial charge in [0, 0.05) is 24.0 Å². The zero-order chi connectivity index (χ0) is 10.6. The molecule has 0 aliphatic heterocycles. The summed E-state index contributed by atoms with van der Waals surface area (Å²) in [7, 11) is 0. The quantitative estimate of drug-likeness (QED) is 0.772. The average molecular weight is 193 g/mol. The van der Waals surface area contributed by atoms with Crippen LogP contribution in [0.1, 0.15) is 27.2 Å². The van der Waals surface area contributed by atoms with E-state index in [1.54, 1.807) is 12.3 Å². The smallest absolute Gasteiger partial charge is 0.128 e. The molecule has 0 amide bonds. The lowest BCUT2D eigenvalue weighted by molar-refractivity contribution is 0.493. The summed E-state index contributed by atoms with van der Waals surface area (Å²) < 4.78 is 0. The van der Waals surface area contributed by atoms with Crippen LogP contribution in [0.4, 0.5) is 11.5 Å². The van der Waals surface area contributed by atoms with E-state index in [2.05, 4.69) is 31.1 Å². The van der Waals surface area contributed by atoms with Crippen molar-refractivity contribution in [2.75, 3.05) is 11.1 Å². The third kappa shape index (κ3) is 2.91. The molecule has 1 aromatic heterocycles. The Morgan fingerprint density at radius 1 is 1.50 bits per heavy atom. The summed E-state index contributed by atoms with van der Waals surface area (Å²) in [6.07, 6.45) is 2.89. The number of aromatic nitrogens is 1. The standard InChI is InChI=1S/C11H19N3/c1-4-8(2)9(3)14-11-7-10(12)5-6-13-11/h5-9H,4H2,1-3H3,(H3,12,13,14). The van der Waals surface area contributed by atoms with E-state index in [1.165, 1.54) is 0 Å². The highest BCUT2D eigenvalue weighted by Crippen LogP contribution is 2.14. The van der Waals surface area contributed by atoms with Crippen molar-refractivity contribution in [2.45, 2.75) is 33.2 Å². The Labute approximate surface area is 85.7 Å². The fourth-order valence-electron chi connectivity index (χ4n) is 1.25. The number of nitrogens with one attached hydrogen (secondary N) is 1. The van der Waals surface area contributed by atoms with Crippen LogP contribution in [-0.2, 0) is 0 Å². The molecule has 1 heterocycles. The van der Waals surface area contributed by atoms with Gasteiger partial charge in [0.2, 0.25) is 0 Å². The van der Waals surface area contributed by atoms with E-state index in [0.29, 0.717) is 12.0 Å². The third-order valence-corrected chi connectivity index (χ3v) is 2.66. The second kappa shape index (κ2) is 4.84. The molecule has 2 atom stereocenters. The summed E-state index contributed by atoms with van der Waals surface area (Å²) in [6.45, 7) is 6.58. The molecule has 0 aliphatic rings. The number of anilines is 2. The molecule has 1 rings (SSSR count). The molecule has 0 aromatic carbocycles. The number of hydrogen-bond acceptors (Lipinski definition) is 3. The molecule has 14 heavy (non-hydrogen) atoms. The van der Waals surface area contributed by atoms with Gasteiger partial charge in [0.25, 0.3) is 0 Å². The first-order chi connectivity index (χ1) is 6.63. The molecule has 2 unspecified atom stereocenters. The summed E-state index contributed by atoms with van der Waals surface area (Å²) in [4.78, 5) is 4.21. The van der Waals surface area contributed by atoms with Crippen molar-refractivity contribution in [2.24, 2.45) is 5.92 Å². The highest BCUT2D eigenvalue weighted by atomic mass is 15.0. The number of nitrogens with zero attached hydrogens (tertiary/aromatic N) is 1. The Morgan fingerprint density at radius 2 is 2.21 bits per heavy atom. The van der Waals surface area contributed by atoms with Crippen LogP contribution in [0.5, 0.6) is 0 Å². The minimum Gasteiger partial charge on any atom is -0.399 e. The van der Waals surface area contributed by atoms with Gasteiger partial charge in [0.15, 0.2) is 0 Å². The normalized spacial score (nSPS) is 14.8.